The van der Waals surface area contributed by atoms with Crippen LogP contribution >= 0.6 is 0 Å². The van der Waals surface area contributed by atoms with E-state index in [1.54, 1.807) is 4.68 Å². The van der Waals surface area contributed by atoms with Gasteiger partial charge in [-0.3, -0.25) is 4.68 Å². The molecule has 1 aliphatic carbocycles. The molecular weight excluding hydrogens is 200 g/mol. The molecule has 0 aliphatic heterocycles. The van der Waals surface area contributed by atoms with Gasteiger partial charge < -0.3 is 11.1 Å². The van der Waals surface area contributed by atoms with Crippen LogP contribution in [0.5, 0.6) is 0 Å². The molecule has 0 bridgehead atoms. The van der Waals surface area contributed by atoms with Gasteiger partial charge in [-0.1, -0.05) is 19.3 Å². The van der Waals surface area contributed by atoms with E-state index >= 15 is 0 Å². The number of hydrogen-bond acceptors (Lipinski definition) is 3. The smallest absolute Gasteiger partial charge is 0.171 e. The predicted octanol–water partition coefficient (Wildman–Crippen LogP) is 2.38. The number of nitrogens with one attached hydrogen (secondary N) is 1. The van der Waals surface area contributed by atoms with Crippen LogP contribution in [0.4, 0.5) is 11.5 Å². The van der Waals surface area contributed by atoms with Crippen molar-refractivity contribution < 1.29 is 0 Å². The third-order valence-corrected chi connectivity index (χ3v) is 3.58. The summed E-state index contributed by atoms with van der Waals surface area (Å²) in [4.78, 5) is 0. The van der Waals surface area contributed by atoms with Crippen LogP contribution in [-0.4, -0.2) is 15.8 Å². The highest BCUT2D eigenvalue weighted by Gasteiger charge is 2.21. The van der Waals surface area contributed by atoms with E-state index in [0.29, 0.717) is 6.04 Å². The summed E-state index contributed by atoms with van der Waals surface area (Å²) in [5, 5.41) is 7.77. The maximum atomic E-state index is 5.87. The highest BCUT2D eigenvalue weighted by atomic mass is 15.3. The Morgan fingerprint density at radius 3 is 2.69 bits per heavy atom. The molecule has 16 heavy (non-hydrogen) atoms. The lowest BCUT2D eigenvalue weighted by atomic mass is 9.84. The second kappa shape index (κ2) is 4.76. The Morgan fingerprint density at radius 1 is 1.44 bits per heavy atom. The number of hydrogen-bond donors (Lipinski definition) is 2. The SMILES string of the molecule is CC(Nc1nn(C)cc1N)C1CCCCC1. The molecule has 1 aromatic heterocycles. The summed E-state index contributed by atoms with van der Waals surface area (Å²) in [5.41, 5.74) is 6.61. The monoisotopic (exact) mass is 222 g/mol. The van der Waals surface area contributed by atoms with Gasteiger partial charge in [0.25, 0.3) is 0 Å². The first-order valence-electron chi connectivity index (χ1n) is 6.22. The normalized spacial score (nSPS) is 19.6. The zero-order chi connectivity index (χ0) is 11.5. The summed E-state index contributed by atoms with van der Waals surface area (Å²) in [5.74, 6) is 1.61. The molecule has 90 valence electrons. The number of rotatable bonds is 3. The van der Waals surface area contributed by atoms with E-state index in [2.05, 4.69) is 17.3 Å². The minimum Gasteiger partial charge on any atom is -0.394 e. The van der Waals surface area contributed by atoms with Crippen molar-refractivity contribution in [1.29, 1.82) is 0 Å². The second-order valence-corrected chi connectivity index (χ2v) is 4.94. The Bertz CT molecular complexity index is 339. The first kappa shape index (κ1) is 11.3. The topological polar surface area (TPSA) is 55.9 Å². The molecule has 1 saturated carbocycles. The summed E-state index contributed by atoms with van der Waals surface area (Å²) >= 11 is 0. The predicted molar refractivity (Wildman–Crippen MR) is 67.3 cm³/mol. The van der Waals surface area contributed by atoms with Crippen LogP contribution in [0.2, 0.25) is 0 Å². The lowest BCUT2D eigenvalue weighted by Crippen LogP contribution is -2.28. The van der Waals surface area contributed by atoms with Crippen molar-refractivity contribution in [3.05, 3.63) is 6.20 Å². The molecule has 1 atom stereocenters. The van der Waals surface area contributed by atoms with E-state index in [4.69, 9.17) is 5.73 Å². The Hall–Kier alpha value is -1.19. The molecule has 3 N–H and O–H groups in total. The summed E-state index contributed by atoms with van der Waals surface area (Å²) < 4.78 is 1.76. The van der Waals surface area contributed by atoms with Crippen LogP contribution in [-0.2, 0) is 7.05 Å². The molecule has 1 fully saturated rings. The molecule has 4 nitrogen and oxygen atoms in total. The van der Waals surface area contributed by atoms with Crippen molar-refractivity contribution in [3.8, 4) is 0 Å². The van der Waals surface area contributed by atoms with Gasteiger partial charge in [0.05, 0.1) is 5.69 Å². The van der Waals surface area contributed by atoms with E-state index < -0.39 is 0 Å². The Morgan fingerprint density at radius 2 is 2.12 bits per heavy atom. The van der Waals surface area contributed by atoms with Crippen molar-refractivity contribution in [1.82, 2.24) is 9.78 Å². The Labute approximate surface area is 97.2 Å². The maximum absolute atomic E-state index is 5.87. The van der Waals surface area contributed by atoms with Gasteiger partial charge in [0.2, 0.25) is 0 Å². The summed E-state index contributed by atoms with van der Waals surface area (Å²) in [6.07, 6.45) is 8.65. The largest absolute Gasteiger partial charge is 0.394 e. The Kier molecular flexibility index (Phi) is 3.36. The van der Waals surface area contributed by atoms with Crippen LogP contribution in [0.15, 0.2) is 6.20 Å². The van der Waals surface area contributed by atoms with Crippen LogP contribution in [0.3, 0.4) is 0 Å². The zero-order valence-electron chi connectivity index (χ0n) is 10.2. The van der Waals surface area contributed by atoms with Crippen molar-refractivity contribution in [3.63, 3.8) is 0 Å². The lowest BCUT2D eigenvalue weighted by molar-refractivity contribution is 0.328. The molecule has 1 unspecified atom stereocenters. The van der Waals surface area contributed by atoms with E-state index in [9.17, 15) is 0 Å². The number of nitrogens with two attached hydrogens (primary N) is 1. The summed E-state index contributed by atoms with van der Waals surface area (Å²) in [6, 6.07) is 0.470. The quantitative estimate of drug-likeness (QED) is 0.825. The number of aromatic nitrogens is 2. The van der Waals surface area contributed by atoms with Gasteiger partial charge in [0.1, 0.15) is 0 Å². The molecular formula is C12H22N4. The van der Waals surface area contributed by atoms with Crippen molar-refractivity contribution in [2.45, 2.75) is 45.1 Å². The summed E-state index contributed by atoms with van der Waals surface area (Å²) in [7, 11) is 1.90. The molecule has 2 rings (SSSR count). The summed E-state index contributed by atoms with van der Waals surface area (Å²) in [6.45, 7) is 2.24. The van der Waals surface area contributed by atoms with Gasteiger partial charge in [-0.15, -0.1) is 0 Å². The van der Waals surface area contributed by atoms with Crippen LogP contribution in [0, 0.1) is 5.92 Å². The average Bonchev–Trinajstić information content (AvgIpc) is 2.59. The van der Waals surface area contributed by atoms with E-state index in [1.165, 1.54) is 32.1 Å². The number of anilines is 2. The molecule has 0 spiro atoms. The van der Waals surface area contributed by atoms with Gasteiger partial charge in [0, 0.05) is 19.3 Å². The second-order valence-electron chi connectivity index (χ2n) is 4.94. The number of nitrogen functional groups attached to an aromatic ring is 1. The first-order valence-corrected chi connectivity index (χ1v) is 6.22. The zero-order valence-corrected chi connectivity index (χ0v) is 10.2. The van der Waals surface area contributed by atoms with Crippen LogP contribution in [0.1, 0.15) is 39.0 Å². The molecule has 4 heteroatoms. The lowest BCUT2D eigenvalue weighted by Gasteiger charge is -2.28. The Balaban J connectivity index is 1.95. The van der Waals surface area contributed by atoms with E-state index in [1.807, 2.05) is 13.2 Å². The fourth-order valence-electron chi connectivity index (χ4n) is 2.59. The first-order chi connectivity index (χ1) is 7.66. The molecule has 0 amide bonds. The standard InChI is InChI=1S/C12H22N4/c1-9(10-6-4-3-5-7-10)14-12-11(13)8-16(2)15-12/h8-10H,3-7,13H2,1-2H3,(H,14,15). The minimum atomic E-state index is 0.470. The third kappa shape index (κ3) is 2.49. The van der Waals surface area contributed by atoms with E-state index in [0.717, 1.165) is 17.4 Å². The molecule has 1 aliphatic rings. The van der Waals surface area contributed by atoms with Gasteiger partial charge in [-0.25, -0.2) is 0 Å². The maximum Gasteiger partial charge on any atom is 0.171 e. The number of aryl methyl sites for hydroxylation is 1. The minimum absolute atomic E-state index is 0.470. The molecule has 0 aromatic carbocycles. The average molecular weight is 222 g/mol. The highest BCUT2D eigenvalue weighted by Crippen LogP contribution is 2.28. The molecule has 1 heterocycles. The molecule has 1 aromatic rings. The molecule has 0 radical (unpaired) electrons. The van der Waals surface area contributed by atoms with Gasteiger partial charge in [-0.05, 0) is 25.7 Å². The molecule has 0 saturated heterocycles. The highest BCUT2D eigenvalue weighted by molar-refractivity contribution is 5.60. The van der Waals surface area contributed by atoms with Gasteiger partial charge >= 0.3 is 0 Å². The third-order valence-electron chi connectivity index (χ3n) is 3.58. The fourth-order valence-corrected chi connectivity index (χ4v) is 2.59. The van der Waals surface area contributed by atoms with E-state index in [-0.39, 0.29) is 0 Å². The van der Waals surface area contributed by atoms with Gasteiger partial charge in [-0.2, -0.15) is 5.10 Å². The van der Waals surface area contributed by atoms with Crippen LogP contribution < -0.4 is 11.1 Å². The van der Waals surface area contributed by atoms with Crippen molar-refractivity contribution >= 4 is 11.5 Å². The van der Waals surface area contributed by atoms with Crippen LogP contribution in [0.25, 0.3) is 0 Å². The van der Waals surface area contributed by atoms with Gasteiger partial charge in [0.15, 0.2) is 5.82 Å². The van der Waals surface area contributed by atoms with Crippen molar-refractivity contribution in [2.24, 2.45) is 13.0 Å². The fraction of sp³-hybridized carbons (Fsp3) is 0.750. The van der Waals surface area contributed by atoms with Crippen molar-refractivity contribution in [2.75, 3.05) is 11.1 Å². The number of nitrogens with zero attached hydrogens (tertiary/aromatic N) is 2.